The van der Waals surface area contributed by atoms with Gasteiger partial charge in [0.25, 0.3) is 0 Å². The van der Waals surface area contributed by atoms with Crippen LogP contribution in [-0.2, 0) is 0 Å². The highest BCUT2D eigenvalue weighted by Gasteiger charge is 2.09. The fourth-order valence-electron chi connectivity index (χ4n) is 1.53. The van der Waals surface area contributed by atoms with Gasteiger partial charge in [0.2, 0.25) is 0 Å². The lowest BCUT2D eigenvalue weighted by molar-refractivity contribution is 0.102. The molecular weight excluding hydrogens is 252 g/mol. The number of rotatable bonds is 2. The van der Waals surface area contributed by atoms with Crippen molar-refractivity contribution in [3.05, 3.63) is 34.8 Å². The van der Waals surface area contributed by atoms with Crippen LogP contribution in [0.5, 0.6) is 0 Å². The first kappa shape index (κ1) is 10.6. The molecule has 3 nitrogen and oxygen atoms in total. The van der Waals surface area contributed by atoms with Crippen LogP contribution in [0.2, 0.25) is 0 Å². The molecule has 0 aliphatic heterocycles. The van der Waals surface area contributed by atoms with Crippen molar-refractivity contribution in [2.24, 2.45) is 0 Å². The Morgan fingerprint density at radius 1 is 1.29 bits per heavy atom. The van der Waals surface area contributed by atoms with E-state index < -0.39 is 0 Å². The van der Waals surface area contributed by atoms with E-state index in [9.17, 15) is 4.79 Å². The second-order valence-electron chi connectivity index (χ2n) is 3.61. The summed E-state index contributed by atoms with van der Waals surface area (Å²) in [6.07, 6.45) is 3.43. The number of nitrogens with zero attached hydrogens (tertiary/aromatic N) is 2. The third kappa shape index (κ3) is 1.87. The van der Waals surface area contributed by atoms with Crippen LogP contribution in [0.25, 0.3) is 20.8 Å². The molecule has 3 rings (SSSR count). The summed E-state index contributed by atoms with van der Waals surface area (Å²) in [5.74, 6) is 0.0545. The van der Waals surface area contributed by atoms with Crippen molar-refractivity contribution in [1.29, 1.82) is 0 Å². The Morgan fingerprint density at radius 2 is 2.18 bits per heavy atom. The molecule has 0 radical (unpaired) electrons. The predicted octanol–water partition coefficient (Wildman–Crippen LogP) is 3.62. The van der Waals surface area contributed by atoms with E-state index in [1.807, 2.05) is 11.4 Å². The standard InChI is InChI=1S/C12H8N2OS2/c1-7(15)11-6-14-12(17-11)8-4-10-9(13-5-8)2-3-16-10/h2-6H,1H3. The van der Waals surface area contributed by atoms with Crippen molar-refractivity contribution < 1.29 is 4.79 Å². The molecule has 0 aliphatic rings. The molecular formula is C12H8N2OS2. The summed E-state index contributed by atoms with van der Waals surface area (Å²) in [4.78, 5) is 20.5. The predicted molar refractivity (Wildman–Crippen MR) is 70.7 cm³/mol. The van der Waals surface area contributed by atoms with Gasteiger partial charge in [-0.15, -0.1) is 22.7 Å². The van der Waals surface area contributed by atoms with E-state index in [4.69, 9.17) is 0 Å². The number of fused-ring (bicyclic) bond motifs is 1. The van der Waals surface area contributed by atoms with Crippen molar-refractivity contribution in [2.75, 3.05) is 0 Å². The molecule has 0 unspecified atom stereocenters. The Kier molecular flexibility index (Phi) is 2.49. The van der Waals surface area contributed by atoms with Crippen LogP contribution in [0.4, 0.5) is 0 Å². The van der Waals surface area contributed by atoms with Gasteiger partial charge in [-0.2, -0.15) is 0 Å². The molecule has 0 fully saturated rings. The summed E-state index contributed by atoms with van der Waals surface area (Å²) >= 11 is 3.07. The highest BCUT2D eigenvalue weighted by molar-refractivity contribution is 7.17. The Labute approximate surface area is 106 Å². The van der Waals surface area contributed by atoms with Gasteiger partial charge >= 0.3 is 0 Å². The fourth-order valence-corrected chi connectivity index (χ4v) is 3.11. The lowest BCUT2D eigenvalue weighted by atomic mass is 10.3. The van der Waals surface area contributed by atoms with Crippen LogP contribution in [0.15, 0.2) is 29.9 Å². The highest BCUT2D eigenvalue weighted by atomic mass is 32.1. The van der Waals surface area contributed by atoms with Crippen molar-refractivity contribution in [2.45, 2.75) is 6.92 Å². The number of carbonyl (C=O) groups is 1. The monoisotopic (exact) mass is 260 g/mol. The average molecular weight is 260 g/mol. The molecule has 0 N–H and O–H groups in total. The van der Waals surface area contributed by atoms with Crippen molar-refractivity contribution >= 4 is 38.7 Å². The normalized spacial score (nSPS) is 10.9. The Morgan fingerprint density at radius 3 is 2.94 bits per heavy atom. The van der Waals surface area contributed by atoms with Gasteiger partial charge < -0.3 is 0 Å². The Hall–Kier alpha value is -1.59. The summed E-state index contributed by atoms with van der Waals surface area (Å²) in [5.41, 5.74) is 1.97. The lowest BCUT2D eigenvalue weighted by Crippen LogP contribution is -1.83. The van der Waals surface area contributed by atoms with Crippen LogP contribution in [0.1, 0.15) is 16.6 Å². The third-order valence-electron chi connectivity index (χ3n) is 2.40. The number of aromatic nitrogens is 2. The van der Waals surface area contributed by atoms with Gasteiger partial charge in [-0.25, -0.2) is 4.98 Å². The van der Waals surface area contributed by atoms with E-state index in [0.29, 0.717) is 4.88 Å². The number of pyridine rings is 1. The van der Waals surface area contributed by atoms with Gasteiger partial charge in [0.05, 0.1) is 15.1 Å². The molecule has 3 heterocycles. The van der Waals surface area contributed by atoms with Gasteiger partial charge in [-0.05, 0) is 17.5 Å². The number of hydrogen-bond acceptors (Lipinski definition) is 5. The minimum absolute atomic E-state index is 0.0545. The smallest absolute Gasteiger partial charge is 0.171 e. The molecule has 3 aromatic heterocycles. The molecule has 0 saturated carbocycles. The number of Topliss-reactive ketones (excluding diaryl/α,β-unsaturated/α-hetero) is 1. The van der Waals surface area contributed by atoms with E-state index in [0.717, 1.165) is 20.8 Å². The number of thiazole rings is 1. The Balaban J connectivity index is 2.09. The minimum Gasteiger partial charge on any atom is -0.294 e. The largest absolute Gasteiger partial charge is 0.294 e. The van der Waals surface area contributed by atoms with Gasteiger partial charge in [0, 0.05) is 24.9 Å². The van der Waals surface area contributed by atoms with Crippen LogP contribution >= 0.6 is 22.7 Å². The fraction of sp³-hybridized carbons (Fsp3) is 0.0833. The summed E-state index contributed by atoms with van der Waals surface area (Å²) < 4.78 is 1.14. The summed E-state index contributed by atoms with van der Waals surface area (Å²) in [5, 5.41) is 2.86. The van der Waals surface area contributed by atoms with E-state index in [2.05, 4.69) is 16.0 Å². The van der Waals surface area contributed by atoms with E-state index in [1.165, 1.54) is 11.3 Å². The van der Waals surface area contributed by atoms with E-state index in [1.54, 1.807) is 30.7 Å². The molecule has 3 aromatic rings. The summed E-state index contributed by atoms with van der Waals surface area (Å²) in [7, 11) is 0. The highest BCUT2D eigenvalue weighted by Crippen LogP contribution is 2.28. The van der Waals surface area contributed by atoms with Crippen molar-refractivity contribution in [1.82, 2.24) is 9.97 Å². The molecule has 0 atom stereocenters. The first-order valence-corrected chi connectivity index (χ1v) is 6.74. The van der Waals surface area contributed by atoms with Gasteiger partial charge in [-0.3, -0.25) is 9.78 Å². The molecule has 0 spiro atoms. The zero-order valence-corrected chi connectivity index (χ0v) is 10.6. The maximum Gasteiger partial charge on any atom is 0.171 e. The zero-order valence-electron chi connectivity index (χ0n) is 9.01. The van der Waals surface area contributed by atoms with Crippen LogP contribution in [0.3, 0.4) is 0 Å². The maximum atomic E-state index is 11.2. The summed E-state index contributed by atoms with van der Waals surface area (Å²) in [6.45, 7) is 1.55. The number of hydrogen-bond donors (Lipinski definition) is 0. The average Bonchev–Trinajstić information content (AvgIpc) is 2.97. The first-order chi connectivity index (χ1) is 8.24. The molecule has 0 aliphatic carbocycles. The molecule has 0 bridgehead atoms. The number of thiophene rings is 1. The molecule has 0 aromatic carbocycles. The molecule has 0 saturated heterocycles. The van der Waals surface area contributed by atoms with E-state index >= 15 is 0 Å². The van der Waals surface area contributed by atoms with Gasteiger partial charge in [0.1, 0.15) is 5.01 Å². The number of carbonyl (C=O) groups excluding carboxylic acids is 1. The van der Waals surface area contributed by atoms with Gasteiger partial charge in [-0.1, -0.05) is 0 Å². The van der Waals surface area contributed by atoms with Crippen molar-refractivity contribution in [3.63, 3.8) is 0 Å². The zero-order chi connectivity index (χ0) is 11.8. The lowest BCUT2D eigenvalue weighted by Gasteiger charge is -1.95. The summed E-state index contributed by atoms with van der Waals surface area (Å²) in [6, 6.07) is 4.06. The minimum atomic E-state index is 0.0545. The maximum absolute atomic E-state index is 11.2. The van der Waals surface area contributed by atoms with E-state index in [-0.39, 0.29) is 5.78 Å². The second-order valence-corrected chi connectivity index (χ2v) is 5.59. The molecule has 17 heavy (non-hydrogen) atoms. The third-order valence-corrected chi connectivity index (χ3v) is 4.40. The SMILES string of the molecule is CC(=O)c1cnc(-c2cnc3ccsc3c2)s1. The molecule has 0 amide bonds. The van der Waals surface area contributed by atoms with Crippen molar-refractivity contribution in [3.8, 4) is 10.6 Å². The quantitative estimate of drug-likeness (QED) is 0.661. The molecule has 5 heteroatoms. The topological polar surface area (TPSA) is 42.9 Å². The Bertz CT molecular complexity index is 699. The van der Waals surface area contributed by atoms with Crippen LogP contribution < -0.4 is 0 Å². The first-order valence-electron chi connectivity index (χ1n) is 5.04. The van der Waals surface area contributed by atoms with Gasteiger partial charge in [0.15, 0.2) is 5.78 Å². The molecule has 84 valence electrons. The van der Waals surface area contributed by atoms with Crippen LogP contribution in [-0.4, -0.2) is 15.8 Å². The number of ketones is 1. The van der Waals surface area contributed by atoms with Crippen LogP contribution in [0, 0.1) is 0 Å². The second kappa shape index (κ2) is 4.01.